The normalized spacial score (nSPS) is 10.9. The Kier molecular flexibility index (Phi) is 8.16. The van der Waals surface area contributed by atoms with E-state index in [1.807, 2.05) is 0 Å². The quantitative estimate of drug-likeness (QED) is 0.186. The molecule has 0 saturated heterocycles. The van der Waals surface area contributed by atoms with Gasteiger partial charge in [-0.1, -0.05) is 24.3 Å². The Bertz CT molecular complexity index is 1850. The number of nitrogens with one attached hydrogen (secondary N) is 2. The van der Waals surface area contributed by atoms with Gasteiger partial charge in [0.25, 0.3) is 5.91 Å². The average molecular weight is 588 g/mol. The first-order valence-electron chi connectivity index (χ1n) is 12.6. The number of anilines is 5. The summed E-state index contributed by atoms with van der Waals surface area (Å²) < 4.78 is 51.3. The highest BCUT2D eigenvalue weighted by atomic mass is 32.2. The first-order chi connectivity index (χ1) is 20.3. The number of aromatic nitrogens is 2. The topological polar surface area (TPSA) is 123 Å². The third-order valence-electron chi connectivity index (χ3n) is 6.39. The van der Waals surface area contributed by atoms with Gasteiger partial charge in [0.05, 0.1) is 30.9 Å². The fraction of sp³-hybridized carbons (Fsp3) is 0.100. The Morgan fingerprint density at radius 2 is 1.50 bits per heavy atom. The lowest BCUT2D eigenvalue weighted by Gasteiger charge is -2.21. The summed E-state index contributed by atoms with van der Waals surface area (Å²) in [6.07, 6.45) is 0. The van der Waals surface area contributed by atoms with Crippen molar-refractivity contribution in [3.05, 3.63) is 102 Å². The zero-order valence-corrected chi connectivity index (χ0v) is 23.7. The van der Waals surface area contributed by atoms with E-state index in [0.29, 0.717) is 33.9 Å². The molecular weight excluding hydrogens is 561 g/mol. The molecule has 0 saturated carbocycles. The van der Waals surface area contributed by atoms with Gasteiger partial charge in [0.15, 0.2) is 11.6 Å². The molecule has 5 aromatic rings. The highest BCUT2D eigenvalue weighted by Gasteiger charge is 2.22. The molecule has 42 heavy (non-hydrogen) atoms. The third kappa shape index (κ3) is 5.93. The lowest BCUT2D eigenvalue weighted by atomic mass is 10.1. The number of hydrogen-bond acceptors (Lipinski definition) is 8. The van der Waals surface area contributed by atoms with Gasteiger partial charge in [-0.15, -0.1) is 0 Å². The van der Waals surface area contributed by atoms with Crippen molar-refractivity contribution in [2.75, 3.05) is 29.2 Å². The van der Waals surface area contributed by atoms with Crippen LogP contribution in [0.1, 0.15) is 15.9 Å². The molecule has 0 aliphatic heterocycles. The van der Waals surface area contributed by atoms with E-state index in [-0.39, 0.29) is 28.5 Å². The summed E-state index contributed by atoms with van der Waals surface area (Å²) >= 11 is 0. The smallest absolute Gasteiger partial charge is 0.256 e. The second-order valence-electron chi connectivity index (χ2n) is 9.08. The van der Waals surface area contributed by atoms with Gasteiger partial charge in [-0.25, -0.2) is 27.1 Å². The van der Waals surface area contributed by atoms with Gasteiger partial charge in [0.2, 0.25) is 10.9 Å². The molecule has 12 heteroatoms. The lowest BCUT2D eigenvalue weighted by Crippen LogP contribution is -2.19. The average Bonchev–Trinajstić information content (AvgIpc) is 2.98. The zero-order valence-electron chi connectivity index (χ0n) is 22.8. The number of carbonyl (C=O) groups excluding carboxylic acids is 1. The van der Waals surface area contributed by atoms with Crippen LogP contribution >= 0.6 is 0 Å². The van der Waals surface area contributed by atoms with E-state index in [1.54, 1.807) is 60.7 Å². The molecule has 0 atom stereocenters. The van der Waals surface area contributed by atoms with Crippen LogP contribution in [0.25, 0.3) is 11.0 Å². The van der Waals surface area contributed by atoms with E-state index in [4.69, 9.17) is 9.47 Å². The van der Waals surface area contributed by atoms with Crippen molar-refractivity contribution in [3.63, 3.8) is 0 Å². The minimum Gasteiger partial charge on any atom is -0.497 e. The summed E-state index contributed by atoms with van der Waals surface area (Å²) in [5, 5.41) is 5.86. The molecule has 0 spiro atoms. The number of ether oxygens (including phenoxy) is 2. The highest BCUT2D eigenvalue weighted by molar-refractivity contribution is 7.74. The molecule has 0 bridgehead atoms. The van der Waals surface area contributed by atoms with Crippen LogP contribution < -0.4 is 24.4 Å². The summed E-state index contributed by atoms with van der Waals surface area (Å²) in [6.45, 7) is 1.51. The number of hydrogen-bond donors (Lipinski definition) is 3. The van der Waals surface area contributed by atoms with Crippen molar-refractivity contribution >= 4 is 56.5 Å². The number of rotatable bonds is 9. The monoisotopic (exact) mass is 587 g/mol. The van der Waals surface area contributed by atoms with E-state index in [0.717, 1.165) is 4.31 Å². The number of amides is 1. The Morgan fingerprint density at radius 3 is 2.17 bits per heavy atom. The molecule has 1 amide bonds. The maximum atomic E-state index is 14.0. The molecule has 5 rings (SSSR count). The summed E-state index contributed by atoms with van der Waals surface area (Å²) in [6, 6.07) is 22.6. The van der Waals surface area contributed by atoms with Crippen molar-refractivity contribution in [1.29, 1.82) is 0 Å². The predicted molar refractivity (Wildman–Crippen MR) is 160 cm³/mol. The Morgan fingerprint density at radius 1 is 0.833 bits per heavy atom. The van der Waals surface area contributed by atoms with Gasteiger partial charge in [0.1, 0.15) is 17.3 Å². The molecule has 214 valence electrons. The SMILES string of the molecule is COc1cc(Nc2nc3ccccc3nc2N(c2cccc(NC(=O)c3cccc(F)c3C)c2)[SH](=O)=O)cc(OC)c1. The van der Waals surface area contributed by atoms with Gasteiger partial charge in [-0.3, -0.25) is 4.79 Å². The standard InChI is InChI=1S/C30H26FN5O5S/c1-18-24(10-7-11-25(18)31)30(37)33-19-8-6-9-21(14-19)36(42(38)39)29-28(34-26-12-4-5-13-27(26)35-29)32-20-15-22(40-2)17-23(16-20)41-3/h4-17,42H,1-3H3,(H,32,34)(H,33,37). The number of thiol groups is 1. The number of fused-ring (bicyclic) bond motifs is 1. The fourth-order valence-corrected chi connectivity index (χ4v) is 4.91. The minimum atomic E-state index is -3.29. The van der Waals surface area contributed by atoms with E-state index < -0.39 is 22.6 Å². The predicted octanol–water partition coefficient (Wildman–Crippen LogP) is 5.75. The number of halogens is 1. The number of nitrogens with zero attached hydrogens (tertiary/aromatic N) is 3. The van der Waals surface area contributed by atoms with Gasteiger partial charge in [-0.05, 0) is 55.0 Å². The second-order valence-corrected chi connectivity index (χ2v) is 9.95. The van der Waals surface area contributed by atoms with E-state index >= 15 is 0 Å². The number of para-hydroxylation sites is 2. The Labute approximate surface area is 242 Å². The molecule has 4 aromatic carbocycles. The van der Waals surface area contributed by atoms with E-state index in [9.17, 15) is 17.6 Å². The van der Waals surface area contributed by atoms with Crippen molar-refractivity contribution < 1.29 is 27.1 Å². The van der Waals surface area contributed by atoms with Crippen molar-refractivity contribution in [3.8, 4) is 11.5 Å². The number of methoxy groups -OCH3 is 2. The minimum absolute atomic E-state index is 0.00366. The summed E-state index contributed by atoms with van der Waals surface area (Å²) in [4.78, 5) is 22.2. The molecule has 0 aliphatic carbocycles. The van der Waals surface area contributed by atoms with Crippen LogP contribution in [0, 0.1) is 12.7 Å². The van der Waals surface area contributed by atoms with Crippen molar-refractivity contribution in [2.45, 2.75) is 6.92 Å². The number of carbonyl (C=O) groups is 1. The summed E-state index contributed by atoms with van der Waals surface area (Å²) in [5.74, 6) is 0.118. The van der Waals surface area contributed by atoms with Gasteiger partial charge >= 0.3 is 0 Å². The van der Waals surface area contributed by atoms with E-state index in [1.165, 1.54) is 45.4 Å². The second kappa shape index (κ2) is 12.1. The molecule has 0 radical (unpaired) electrons. The molecule has 0 fully saturated rings. The van der Waals surface area contributed by atoms with Crippen LogP contribution in [0.3, 0.4) is 0 Å². The highest BCUT2D eigenvalue weighted by Crippen LogP contribution is 2.36. The van der Waals surface area contributed by atoms with Gasteiger partial charge < -0.3 is 20.1 Å². The van der Waals surface area contributed by atoms with Crippen LogP contribution in [0.2, 0.25) is 0 Å². The van der Waals surface area contributed by atoms with Crippen molar-refractivity contribution in [2.24, 2.45) is 0 Å². The van der Waals surface area contributed by atoms with Crippen molar-refractivity contribution in [1.82, 2.24) is 9.97 Å². The fourth-order valence-electron chi connectivity index (χ4n) is 4.30. The van der Waals surface area contributed by atoms with Crippen LogP contribution in [0.4, 0.5) is 33.1 Å². The maximum Gasteiger partial charge on any atom is 0.256 e. The number of benzene rings is 4. The Balaban J connectivity index is 1.58. The molecule has 0 aliphatic rings. The van der Waals surface area contributed by atoms with Gasteiger partial charge in [0, 0.05) is 35.1 Å². The molecule has 10 nitrogen and oxygen atoms in total. The molecule has 0 unspecified atom stereocenters. The molecular formula is C30H26FN5O5S. The van der Waals surface area contributed by atoms with Crippen LogP contribution in [-0.2, 0) is 10.9 Å². The van der Waals surface area contributed by atoms with E-state index in [2.05, 4.69) is 20.6 Å². The third-order valence-corrected chi connectivity index (χ3v) is 7.14. The lowest BCUT2D eigenvalue weighted by molar-refractivity contribution is 0.102. The first-order valence-corrected chi connectivity index (χ1v) is 13.8. The Hall–Kier alpha value is -5.23. The maximum absolute atomic E-state index is 14.0. The molecule has 1 aromatic heterocycles. The van der Waals surface area contributed by atoms with Gasteiger partial charge in [-0.2, -0.15) is 0 Å². The zero-order chi connectivity index (χ0) is 29.8. The molecule has 2 N–H and O–H groups in total. The summed E-state index contributed by atoms with van der Waals surface area (Å²) in [5.41, 5.74) is 2.36. The van der Waals surface area contributed by atoms with Crippen LogP contribution in [0.15, 0.2) is 84.9 Å². The first kappa shape index (κ1) is 28.3. The van der Waals surface area contributed by atoms with Crippen LogP contribution in [0.5, 0.6) is 11.5 Å². The van der Waals surface area contributed by atoms with Crippen LogP contribution in [-0.4, -0.2) is 38.5 Å². The largest absolute Gasteiger partial charge is 0.497 e. The summed E-state index contributed by atoms with van der Waals surface area (Å²) in [7, 11) is -0.250. The molecule has 1 heterocycles.